The fourth-order valence-electron chi connectivity index (χ4n) is 1.52. The summed E-state index contributed by atoms with van der Waals surface area (Å²) in [5.41, 5.74) is 0. The first kappa shape index (κ1) is 9.01. The van der Waals surface area contributed by atoms with Crippen LogP contribution in [0.15, 0.2) is 0 Å². The Morgan fingerprint density at radius 2 is 2.09 bits per heavy atom. The lowest BCUT2D eigenvalue weighted by Gasteiger charge is -2.36. The van der Waals surface area contributed by atoms with Crippen molar-refractivity contribution >= 4 is 0 Å². The molecule has 2 heteroatoms. The van der Waals surface area contributed by atoms with Crippen LogP contribution in [-0.2, 0) is 4.74 Å². The number of nitrogens with one attached hydrogen (secondary N) is 1. The molecule has 2 nitrogen and oxygen atoms in total. The van der Waals surface area contributed by atoms with E-state index in [9.17, 15) is 0 Å². The maximum absolute atomic E-state index is 5.62. The van der Waals surface area contributed by atoms with Crippen molar-refractivity contribution in [3.8, 4) is 0 Å². The van der Waals surface area contributed by atoms with Crippen LogP contribution in [0.1, 0.15) is 33.6 Å². The van der Waals surface area contributed by atoms with Gasteiger partial charge in [-0.05, 0) is 33.2 Å². The van der Waals surface area contributed by atoms with E-state index in [0.717, 1.165) is 12.6 Å². The molecule has 1 fully saturated rings. The third kappa shape index (κ3) is 2.80. The largest absolute Gasteiger partial charge is 0.375 e. The molecule has 0 saturated heterocycles. The molecule has 0 spiro atoms. The first-order valence-electron chi connectivity index (χ1n) is 4.61. The molecule has 0 radical (unpaired) electrons. The first-order chi connectivity index (χ1) is 5.22. The van der Waals surface area contributed by atoms with Crippen LogP contribution in [-0.4, -0.2) is 24.8 Å². The molecule has 0 heterocycles. The zero-order chi connectivity index (χ0) is 8.27. The molecular formula is C9H19NO. The molecule has 0 aromatic rings. The van der Waals surface area contributed by atoms with Gasteiger partial charge in [0.15, 0.2) is 0 Å². The second-order valence-corrected chi connectivity index (χ2v) is 3.53. The molecule has 1 rings (SSSR count). The molecule has 0 aromatic heterocycles. The molecule has 1 aliphatic carbocycles. The van der Waals surface area contributed by atoms with E-state index < -0.39 is 0 Å². The monoisotopic (exact) mass is 157 g/mol. The van der Waals surface area contributed by atoms with Crippen LogP contribution in [0.5, 0.6) is 0 Å². The summed E-state index contributed by atoms with van der Waals surface area (Å²) in [5, 5.41) is 3.41. The summed E-state index contributed by atoms with van der Waals surface area (Å²) in [5.74, 6) is 0. The van der Waals surface area contributed by atoms with Crippen LogP contribution >= 0.6 is 0 Å². The van der Waals surface area contributed by atoms with E-state index in [4.69, 9.17) is 4.74 Å². The van der Waals surface area contributed by atoms with E-state index in [-0.39, 0.29) is 0 Å². The highest BCUT2D eigenvalue weighted by Gasteiger charge is 2.29. The van der Waals surface area contributed by atoms with Crippen molar-refractivity contribution in [3.05, 3.63) is 0 Å². The zero-order valence-corrected chi connectivity index (χ0v) is 7.76. The third-order valence-electron chi connectivity index (χ3n) is 2.05. The predicted octanol–water partition coefficient (Wildman–Crippen LogP) is 1.55. The van der Waals surface area contributed by atoms with E-state index in [1.807, 2.05) is 0 Å². The van der Waals surface area contributed by atoms with E-state index in [1.165, 1.54) is 12.8 Å². The normalized spacial score (nSPS) is 30.5. The fraction of sp³-hybridized carbons (Fsp3) is 1.00. The van der Waals surface area contributed by atoms with Gasteiger partial charge in [0.1, 0.15) is 0 Å². The number of rotatable bonds is 4. The lowest BCUT2D eigenvalue weighted by atomic mass is 9.89. The Morgan fingerprint density at radius 1 is 1.45 bits per heavy atom. The molecular weight excluding hydrogens is 138 g/mol. The maximum Gasteiger partial charge on any atom is 0.0608 e. The lowest BCUT2D eigenvalue weighted by molar-refractivity contribution is -0.0494. The SMILES string of the molecule is CCNC1CC(OC(C)C)C1. The van der Waals surface area contributed by atoms with Gasteiger partial charge in [-0.1, -0.05) is 6.92 Å². The van der Waals surface area contributed by atoms with E-state index in [1.54, 1.807) is 0 Å². The van der Waals surface area contributed by atoms with Gasteiger partial charge in [0.05, 0.1) is 12.2 Å². The maximum atomic E-state index is 5.62. The van der Waals surface area contributed by atoms with Gasteiger partial charge in [-0.2, -0.15) is 0 Å². The van der Waals surface area contributed by atoms with Crippen molar-refractivity contribution in [1.82, 2.24) is 5.32 Å². The molecule has 1 saturated carbocycles. The summed E-state index contributed by atoms with van der Waals surface area (Å²) < 4.78 is 5.62. The van der Waals surface area contributed by atoms with Gasteiger partial charge in [0.2, 0.25) is 0 Å². The van der Waals surface area contributed by atoms with Crippen molar-refractivity contribution < 1.29 is 4.74 Å². The van der Waals surface area contributed by atoms with Crippen molar-refractivity contribution in [1.29, 1.82) is 0 Å². The van der Waals surface area contributed by atoms with Gasteiger partial charge >= 0.3 is 0 Å². The highest BCUT2D eigenvalue weighted by Crippen LogP contribution is 2.24. The minimum atomic E-state index is 0.391. The summed E-state index contributed by atoms with van der Waals surface area (Å²) >= 11 is 0. The predicted molar refractivity (Wildman–Crippen MR) is 46.7 cm³/mol. The zero-order valence-electron chi connectivity index (χ0n) is 7.76. The van der Waals surface area contributed by atoms with Gasteiger partial charge in [-0.25, -0.2) is 0 Å². The Morgan fingerprint density at radius 3 is 2.55 bits per heavy atom. The van der Waals surface area contributed by atoms with Crippen LogP contribution in [0.4, 0.5) is 0 Å². The molecule has 11 heavy (non-hydrogen) atoms. The highest BCUT2D eigenvalue weighted by atomic mass is 16.5. The Kier molecular flexibility index (Phi) is 3.34. The highest BCUT2D eigenvalue weighted by molar-refractivity contribution is 4.85. The van der Waals surface area contributed by atoms with Crippen molar-refractivity contribution in [2.45, 2.75) is 51.9 Å². The van der Waals surface area contributed by atoms with Crippen molar-refractivity contribution in [2.24, 2.45) is 0 Å². The third-order valence-corrected chi connectivity index (χ3v) is 2.05. The molecule has 0 bridgehead atoms. The lowest BCUT2D eigenvalue weighted by Crippen LogP contribution is -2.46. The summed E-state index contributed by atoms with van der Waals surface area (Å²) in [7, 11) is 0. The number of ether oxygens (including phenoxy) is 1. The second kappa shape index (κ2) is 4.07. The topological polar surface area (TPSA) is 21.3 Å². The Bertz CT molecular complexity index is 108. The summed E-state index contributed by atoms with van der Waals surface area (Å²) in [4.78, 5) is 0. The number of hydrogen-bond donors (Lipinski definition) is 1. The van der Waals surface area contributed by atoms with E-state index >= 15 is 0 Å². The van der Waals surface area contributed by atoms with Crippen LogP contribution in [0, 0.1) is 0 Å². The molecule has 0 aliphatic heterocycles. The standard InChI is InChI=1S/C9H19NO/c1-4-10-8-5-9(6-8)11-7(2)3/h7-10H,4-6H2,1-3H3. The van der Waals surface area contributed by atoms with Crippen molar-refractivity contribution in [2.75, 3.05) is 6.54 Å². The van der Waals surface area contributed by atoms with Crippen LogP contribution in [0.25, 0.3) is 0 Å². The van der Waals surface area contributed by atoms with Crippen LogP contribution in [0.3, 0.4) is 0 Å². The van der Waals surface area contributed by atoms with Gasteiger partial charge in [0, 0.05) is 6.04 Å². The van der Waals surface area contributed by atoms with E-state index in [2.05, 4.69) is 26.1 Å². The van der Waals surface area contributed by atoms with Crippen LogP contribution < -0.4 is 5.32 Å². The average molecular weight is 157 g/mol. The Labute approximate surface area is 69.3 Å². The summed E-state index contributed by atoms with van der Waals surface area (Å²) in [6.07, 6.45) is 3.32. The second-order valence-electron chi connectivity index (χ2n) is 3.53. The molecule has 0 atom stereocenters. The van der Waals surface area contributed by atoms with Crippen LogP contribution in [0.2, 0.25) is 0 Å². The molecule has 0 aromatic carbocycles. The minimum Gasteiger partial charge on any atom is -0.375 e. The average Bonchev–Trinajstić information content (AvgIpc) is 1.82. The molecule has 0 unspecified atom stereocenters. The van der Waals surface area contributed by atoms with Gasteiger partial charge in [-0.15, -0.1) is 0 Å². The van der Waals surface area contributed by atoms with Gasteiger partial charge in [0.25, 0.3) is 0 Å². The number of hydrogen-bond acceptors (Lipinski definition) is 2. The smallest absolute Gasteiger partial charge is 0.0608 e. The van der Waals surface area contributed by atoms with Gasteiger partial charge < -0.3 is 10.1 Å². The van der Waals surface area contributed by atoms with E-state index in [0.29, 0.717) is 12.2 Å². The molecule has 66 valence electrons. The summed E-state index contributed by atoms with van der Waals surface area (Å²) in [6, 6.07) is 0.726. The quantitative estimate of drug-likeness (QED) is 0.668. The minimum absolute atomic E-state index is 0.391. The molecule has 1 aliphatic rings. The first-order valence-corrected chi connectivity index (χ1v) is 4.61. The molecule has 1 N–H and O–H groups in total. The summed E-state index contributed by atoms with van der Waals surface area (Å²) in [6.45, 7) is 7.43. The Hall–Kier alpha value is -0.0800. The fourth-order valence-corrected chi connectivity index (χ4v) is 1.52. The van der Waals surface area contributed by atoms with Crippen molar-refractivity contribution in [3.63, 3.8) is 0 Å². The van der Waals surface area contributed by atoms with Gasteiger partial charge in [-0.3, -0.25) is 0 Å². The molecule has 0 amide bonds. The Balaban J connectivity index is 2.00.